The van der Waals surface area contributed by atoms with Crippen molar-refractivity contribution in [2.45, 2.75) is 0 Å². The summed E-state index contributed by atoms with van der Waals surface area (Å²) in [4.78, 5) is 15.6. The standard InChI is InChI=1S/C11H19N3O2/c1-2-4-13-5-7-14(8-6-13)11(15)10-16-9-3-12/h1H,3-10,12H2. The van der Waals surface area contributed by atoms with Crippen molar-refractivity contribution in [1.29, 1.82) is 0 Å². The Labute approximate surface area is 96.5 Å². The van der Waals surface area contributed by atoms with Gasteiger partial charge in [-0.2, -0.15) is 0 Å². The van der Waals surface area contributed by atoms with Crippen LogP contribution in [0.2, 0.25) is 0 Å². The van der Waals surface area contributed by atoms with Crippen LogP contribution < -0.4 is 5.73 Å². The highest BCUT2D eigenvalue weighted by atomic mass is 16.5. The molecule has 0 aromatic carbocycles. The van der Waals surface area contributed by atoms with Crippen LogP contribution in [0.3, 0.4) is 0 Å². The highest BCUT2D eigenvalue weighted by Gasteiger charge is 2.20. The summed E-state index contributed by atoms with van der Waals surface area (Å²) in [6, 6.07) is 0. The van der Waals surface area contributed by atoms with Crippen LogP contribution in [-0.2, 0) is 9.53 Å². The minimum Gasteiger partial charge on any atom is -0.370 e. The average molecular weight is 225 g/mol. The zero-order valence-corrected chi connectivity index (χ0v) is 9.52. The van der Waals surface area contributed by atoms with Crippen LogP contribution in [0.4, 0.5) is 0 Å². The summed E-state index contributed by atoms with van der Waals surface area (Å²) in [6.45, 7) is 4.81. The second-order valence-corrected chi connectivity index (χ2v) is 3.70. The van der Waals surface area contributed by atoms with Gasteiger partial charge in [-0.1, -0.05) is 5.92 Å². The Bertz CT molecular complexity index is 254. The Morgan fingerprint density at radius 2 is 2.06 bits per heavy atom. The molecule has 1 amide bonds. The van der Waals surface area contributed by atoms with E-state index in [4.69, 9.17) is 16.9 Å². The van der Waals surface area contributed by atoms with Gasteiger partial charge in [0.05, 0.1) is 13.2 Å². The fourth-order valence-corrected chi connectivity index (χ4v) is 1.62. The monoisotopic (exact) mass is 225 g/mol. The molecule has 0 spiro atoms. The second kappa shape index (κ2) is 7.23. The minimum absolute atomic E-state index is 0.0359. The maximum atomic E-state index is 11.6. The van der Waals surface area contributed by atoms with Crippen molar-refractivity contribution in [1.82, 2.24) is 9.80 Å². The summed E-state index contributed by atoms with van der Waals surface area (Å²) in [5.41, 5.74) is 5.27. The van der Waals surface area contributed by atoms with Crippen LogP contribution in [0.5, 0.6) is 0 Å². The van der Waals surface area contributed by atoms with Gasteiger partial charge in [0.1, 0.15) is 6.61 Å². The van der Waals surface area contributed by atoms with E-state index in [-0.39, 0.29) is 12.5 Å². The molecule has 0 aliphatic carbocycles. The third-order valence-electron chi connectivity index (χ3n) is 2.53. The van der Waals surface area contributed by atoms with E-state index in [1.54, 1.807) is 0 Å². The summed E-state index contributed by atoms with van der Waals surface area (Å²) in [7, 11) is 0. The Balaban J connectivity index is 2.20. The predicted octanol–water partition coefficient (Wildman–Crippen LogP) is -1.26. The number of piperazine rings is 1. The number of rotatable bonds is 5. The van der Waals surface area contributed by atoms with Gasteiger partial charge in [0.25, 0.3) is 0 Å². The van der Waals surface area contributed by atoms with Crippen molar-refractivity contribution in [3.05, 3.63) is 0 Å². The zero-order valence-electron chi connectivity index (χ0n) is 9.52. The second-order valence-electron chi connectivity index (χ2n) is 3.70. The Morgan fingerprint density at radius 1 is 1.38 bits per heavy atom. The lowest BCUT2D eigenvalue weighted by Crippen LogP contribution is -2.49. The number of carbonyl (C=O) groups excluding carboxylic acids is 1. The Kier molecular flexibility index (Phi) is 5.86. The van der Waals surface area contributed by atoms with Gasteiger partial charge in [-0.3, -0.25) is 9.69 Å². The van der Waals surface area contributed by atoms with E-state index in [1.807, 2.05) is 4.90 Å². The molecule has 1 rings (SSSR count). The lowest BCUT2D eigenvalue weighted by molar-refractivity contribution is -0.137. The molecule has 2 N–H and O–H groups in total. The highest BCUT2D eigenvalue weighted by molar-refractivity contribution is 5.77. The Morgan fingerprint density at radius 3 is 2.62 bits per heavy atom. The Hall–Kier alpha value is -1.09. The summed E-state index contributed by atoms with van der Waals surface area (Å²) in [6.07, 6.45) is 5.23. The number of carbonyl (C=O) groups is 1. The predicted molar refractivity (Wildman–Crippen MR) is 61.7 cm³/mol. The first-order valence-electron chi connectivity index (χ1n) is 5.49. The molecule has 1 aliphatic heterocycles. The van der Waals surface area contributed by atoms with E-state index in [9.17, 15) is 4.79 Å². The number of hydrogen-bond acceptors (Lipinski definition) is 4. The van der Waals surface area contributed by atoms with Gasteiger partial charge in [-0.05, 0) is 0 Å². The lowest BCUT2D eigenvalue weighted by atomic mass is 10.3. The molecule has 5 nitrogen and oxygen atoms in total. The molecular formula is C11H19N3O2. The summed E-state index contributed by atoms with van der Waals surface area (Å²) in [5.74, 6) is 2.64. The summed E-state index contributed by atoms with van der Waals surface area (Å²) in [5, 5.41) is 0. The first-order chi connectivity index (χ1) is 7.77. The van der Waals surface area contributed by atoms with Crippen LogP contribution >= 0.6 is 0 Å². The molecule has 0 aromatic heterocycles. The van der Waals surface area contributed by atoms with Gasteiger partial charge in [0.15, 0.2) is 0 Å². The molecule has 0 saturated carbocycles. The van der Waals surface area contributed by atoms with Gasteiger partial charge < -0.3 is 15.4 Å². The van der Waals surface area contributed by atoms with Crippen molar-refractivity contribution < 1.29 is 9.53 Å². The first-order valence-corrected chi connectivity index (χ1v) is 5.49. The van der Waals surface area contributed by atoms with Crippen LogP contribution in [0.1, 0.15) is 0 Å². The topological polar surface area (TPSA) is 58.8 Å². The largest absolute Gasteiger partial charge is 0.370 e. The fraction of sp³-hybridized carbons (Fsp3) is 0.727. The molecule has 0 bridgehead atoms. The first kappa shape index (κ1) is 13.0. The maximum Gasteiger partial charge on any atom is 0.248 e. The van der Waals surface area contributed by atoms with Crippen LogP contribution in [0.25, 0.3) is 0 Å². The molecule has 0 aromatic rings. The van der Waals surface area contributed by atoms with Crippen molar-refractivity contribution in [2.75, 3.05) is 52.5 Å². The van der Waals surface area contributed by atoms with Crippen molar-refractivity contribution in [3.8, 4) is 12.3 Å². The molecule has 1 fully saturated rings. The van der Waals surface area contributed by atoms with Gasteiger partial charge in [-0.25, -0.2) is 0 Å². The normalized spacial score (nSPS) is 17.1. The molecule has 1 aliphatic rings. The number of amides is 1. The molecule has 5 heteroatoms. The van der Waals surface area contributed by atoms with Crippen LogP contribution in [0.15, 0.2) is 0 Å². The van der Waals surface area contributed by atoms with Gasteiger partial charge in [-0.15, -0.1) is 6.42 Å². The summed E-state index contributed by atoms with van der Waals surface area (Å²) >= 11 is 0. The fourth-order valence-electron chi connectivity index (χ4n) is 1.62. The number of terminal acetylenes is 1. The molecule has 1 saturated heterocycles. The number of hydrogen-bond donors (Lipinski definition) is 1. The van der Waals surface area contributed by atoms with Crippen LogP contribution in [-0.4, -0.2) is 68.2 Å². The quantitative estimate of drug-likeness (QED) is 0.469. The van der Waals surface area contributed by atoms with E-state index in [0.29, 0.717) is 19.7 Å². The zero-order chi connectivity index (χ0) is 11.8. The van der Waals surface area contributed by atoms with Crippen molar-refractivity contribution in [2.24, 2.45) is 5.73 Å². The molecule has 0 radical (unpaired) electrons. The van der Waals surface area contributed by atoms with E-state index >= 15 is 0 Å². The minimum atomic E-state index is 0.0359. The molecule has 90 valence electrons. The van der Waals surface area contributed by atoms with E-state index in [1.165, 1.54) is 0 Å². The average Bonchev–Trinajstić information content (AvgIpc) is 2.30. The third-order valence-corrected chi connectivity index (χ3v) is 2.53. The SMILES string of the molecule is C#CCN1CCN(C(=O)COCCN)CC1. The van der Waals surface area contributed by atoms with Gasteiger partial charge in [0, 0.05) is 32.7 Å². The molecule has 0 unspecified atom stereocenters. The maximum absolute atomic E-state index is 11.6. The van der Waals surface area contributed by atoms with E-state index in [2.05, 4.69) is 10.8 Å². The molecule has 1 heterocycles. The van der Waals surface area contributed by atoms with Crippen molar-refractivity contribution >= 4 is 5.91 Å². The number of nitrogens with zero attached hydrogens (tertiary/aromatic N) is 2. The highest BCUT2D eigenvalue weighted by Crippen LogP contribution is 2.01. The van der Waals surface area contributed by atoms with Gasteiger partial charge >= 0.3 is 0 Å². The van der Waals surface area contributed by atoms with Crippen LogP contribution in [0, 0.1) is 12.3 Å². The van der Waals surface area contributed by atoms with E-state index < -0.39 is 0 Å². The third kappa shape index (κ3) is 4.19. The van der Waals surface area contributed by atoms with Gasteiger partial charge in [0.2, 0.25) is 5.91 Å². The molecule has 0 atom stereocenters. The summed E-state index contributed by atoms with van der Waals surface area (Å²) < 4.78 is 5.11. The lowest BCUT2D eigenvalue weighted by Gasteiger charge is -2.33. The smallest absolute Gasteiger partial charge is 0.248 e. The van der Waals surface area contributed by atoms with E-state index in [0.717, 1.165) is 26.2 Å². The number of nitrogens with two attached hydrogens (primary N) is 1. The van der Waals surface area contributed by atoms with Crippen molar-refractivity contribution in [3.63, 3.8) is 0 Å². The number of ether oxygens (including phenoxy) is 1. The molecular weight excluding hydrogens is 206 g/mol. The molecule has 16 heavy (non-hydrogen) atoms.